The molecule has 0 aliphatic rings. The zero-order valence-corrected chi connectivity index (χ0v) is 18.7. The normalized spacial score (nSPS) is 11.6. The number of pyridine rings is 1. The SMILES string of the molecule is CN=C(NCCc1c[nH]c2cc(F)ccc12)NCc1cn2c(C)cccc2n1.I. The number of H-pyrrole nitrogens is 1. The fraction of sp³-hybridized carbons (Fsp3) is 0.238. The second-order valence-electron chi connectivity index (χ2n) is 6.73. The number of halogens is 2. The Bertz CT molecular complexity index is 1150. The van der Waals surface area contributed by atoms with Gasteiger partial charge in [0.25, 0.3) is 0 Å². The van der Waals surface area contributed by atoms with E-state index in [2.05, 4.69) is 43.0 Å². The molecule has 0 unspecified atom stereocenters. The van der Waals surface area contributed by atoms with Crippen molar-refractivity contribution in [2.75, 3.05) is 13.6 Å². The number of benzene rings is 1. The van der Waals surface area contributed by atoms with Crippen LogP contribution < -0.4 is 10.6 Å². The van der Waals surface area contributed by atoms with Crippen LogP contribution in [0.1, 0.15) is 17.0 Å². The molecule has 4 rings (SSSR count). The summed E-state index contributed by atoms with van der Waals surface area (Å²) in [7, 11) is 1.75. The number of imidazole rings is 1. The molecule has 0 aliphatic carbocycles. The lowest BCUT2D eigenvalue weighted by atomic mass is 10.1. The molecule has 0 aliphatic heterocycles. The van der Waals surface area contributed by atoms with Gasteiger partial charge in [-0.25, -0.2) is 9.37 Å². The average molecular weight is 506 g/mol. The number of aromatic amines is 1. The van der Waals surface area contributed by atoms with E-state index < -0.39 is 0 Å². The maximum Gasteiger partial charge on any atom is 0.191 e. The van der Waals surface area contributed by atoms with Crippen molar-refractivity contribution in [1.82, 2.24) is 25.0 Å². The Morgan fingerprint density at radius 2 is 2.10 bits per heavy atom. The third-order valence-corrected chi connectivity index (χ3v) is 4.82. The number of rotatable bonds is 5. The zero-order valence-electron chi connectivity index (χ0n) is 16.4. The van der Waals surface area contributed by atoms with Gasteiger partial charge in [0, 0.05) is 42.6 Å². The van der Waals surface area contributed by atoms with Crippen LogP contribution >= 0.6 is 24.0 Å². The lowest BCUT2D eigenvalue weighted by molar-refractivity contribution is 0.629. The summed E-state index contributed by atoms with van der Waals surface area (Å²) in [5.74, 6) is 0.491. The van der Waals surface area contributed by atoms with Crippen molar-refractivity contribution in [2.24, 2.45) is 4.99 Å². The Kier molecular flexibility index (Phi) is 6.73. The van der Waals surface area contributed by atoms with E-state index in [-0.39, 0.29) is 29.8 Å². The largest absolute Gasteiger partial charge is 0.361 e. The predicted octanol–water partition coefficient (Wildman–Crippen LogP) is 3.79. The number of hydrogen-bond donors (Lipinski definition) is 3. The molecule has 3 heterocycles. The average Bonchev–Trinajstić information content (AvgIpc) is 3.29. The van der Waals surface area contributed by atoms with Crippen molar-refractivity contribution in [3.63, 3.8) is 0 Å². The molecule has 4 aromatic rings. The third kappa shape index (κ3) is 4.69. The highest BCUT2D eigenvalue weighted by molar-refractivity contribution is 14.0. The summed E-state index contributed by atoms with van der Waals surface area (Å²) in [6, 6.07) is 10.9. The molecule has 3 N–H and O–H groups in total. The molecule has 152 valence electrons. The van der Waals surface area contributed by atoms with Crippen molar-refractivity contribution in [3.8, 4) is 0 Å². The van der Waals surface area contributed by atoms with Crippen LogP contribution in [0, 0.1) is 12.7 Å². The summed E-state index contributed by atoms with van der Waals surface area (Å²) in [5.41, 5.74) is 5.01. The van der Waals surface area contributed by atoms with E-state index >= 15 is 0 Å². The van der Waals surface area contributed by atoms with Crippen molar-refractivity contribution in [1.29, 1.82) is 0 Å². The molecule has 0 saturated carbocycles. The van der Waals surface area contributed by atoms with E-state index in [1.165, 1.54) is 12.1 Å². The first-order chi connectivity index (χ1) is 13.6. The molecule has 0 atom stereocenters. The Labute approximate surface area is 185 Å². The lowest BCUT2D eigenvalue weighted by Gasteiger charge is -2.10. The van der Waals surface area contributed by atoms with E-state index in [1.54, 1.807) is 7.05 Å². The molecule has 0 spiro atoms. The molecule has 8 heteroatoms. The van der Waals surface area contributed by atoms with Crippen LogP contribution in [-0.4, -0.2) is 33.9 Å². The van der Waals surface area contributed by atoms with Crippen LogP contribution in [0.15, 0.2) is 53.8 Å². The first-order valence-electron chi connectivity index (χ1n) is 9.27. The molecule has 1 aromatic carbocycles. The zero-order chi connectivity index (χ0) is 19.5. The molecule has 0 amide bonds. The van der Waals surface area contributed by atoms with Gasteiger partial charge in [0.05, 0.1) is 12.2 Å². The van der Waals surface area contributed by atoms with E-state index in [0.29, 0.717) is 13.1 Å². The number of aromatic nitrogens is 3. The van der Waals surface area contributed by atoms with Gasteiger partial charge in [0.1, 0.15) is 11.5 Å². The van der Waals surface area contributed by atoms with E-state index in [9.17, 15) is 4.39 Å². The third-order valence-electron chi connectivity index (χ3n) is 4.82. The number of nitrogens with one attached hydrogen (secondary N) is 3. The van der Waals surface area contributed by atoms with Gasteiger partial charge in [0.2, 0.25) is 0 Å². The Morgan fingerprint density at radius 1 is 1.24 bits per heavy atom. The van der Waals surface area contributed by atoms with Crippen molar-refractivity contribution < 1.29 is 4.39 Å². The number of hydrogen-bond acceptors (Lipinski definition) is 2. The Balaban J connectivity index is 0.00000240. The van der Waals surface area contributed by atoms with Gasteiger partial charge in [-0.05, 0) is 49.2 Å². The van der Waals surface area contributed by atoms with Crippen LogP contribution in [0.25, 0.3) is 16.6 Å². The second kappa shape index (κ2) is 9.25. The fourth-order valence-electron chi connectivity index (χ4n) is 3.36. The number of fused-ring (bicyclic) bond motifs is 2. The van der Waals surface area contributed by atoms with Gasteiger partial charge in [-0.3, -0.25) is 4.99 Å². The van der Waals surface area contributed by atoms with Crippen LogP contribution in [0.3, 0.4) is 0 Å². The summed E-state index contributed by atoms with van der Waals surface area (Å²) in [6.45, 7) is 3.37. The highest BCUT2D eigenvalue weighted by atomic mass is 127. The quantitative estimate of drug-likeness (QED) is 0.219. The van der Waals surface area contributed by atoms with Crippen molar-refractivity contribution in [3.05, 3.63) is 71.6 Å². The molecular formula is C21H24FIN6. The number of nitrogens with zero attached hydrogens (tertiary/aromatic N) is 3. The minimum atomic E-state index is -0.231. The summed E-state index contributed by atoms with van der Waals surface area (Å²) >= 11 is 0. The maximum atomic E-state index is 13.3. The van der Waals surface area contributed by atoms with Crippen LogP contribution in [0.5, 0.6) is 0 Å². The molecule has 0 fully saturated rings. The van der Waals surface area contributed by atoms with E-state index in [0.717, 1.165) is 45.9 Å². The minimum Gasteiger partial charge on any atom is -0.361 e. The van der Waals surface area contributed by atoms with Crippen LogP contribution in [0.4, 0.5) is 4.39 Å². The summed E-state index contributed by atoms with van der Waals surface area (Å²) in [5, 5.41) is 7.66. The van der Waals surface area contributed by atoms with E-state index in [1.807, 2.05) is 30.6 Å². The molecule has 29 heavy (non-hydrogen) atoms. The van der Waals surface area contributed by atoms with Crippen LogP contribution in [-0.2, 0) is 13.0 Å². The molecule has 0 saturated heterocycles. The maximum absolute atomic E-state index is 13.3. The van der Waals surface area contributed by atoms with Crippen LogP contribution in [0.2, 0.25) is 0 Å². The standard InChI is InChI=1S/C21H23FN6.HI/c1-14-4-3-5-20-27-17(13-28(14)20)12-26-21(23-2)24-9-8-15-11-25-19-10-16(22)6-7-18(15)19;/h3-7,10-11,13,25H,8-9,12H2,1-2H3,(H2,23,24,26);1H. The summed E-state index contributed by atoms with van der Waals surface area (Å²) < 4.78 is 15.4. The number of aliphatic imine (C=N–C) groups is 1. The van der Waals surface area contributed by atoms with Gasteiger partial charge in [-0.15, -0.1) is 24.0 Å². The van der Waals surface area contributed by atoms with Crippen molar-refractivity contribution in [2.45, 2.75) is 19.9 Å². The van der Waals surface area contributed by atoms with Gasteiger partial charge in [-0.2, -0.15) is 0 Å². The van der Waals surface area contributed by atoms with Gasteiger partial charge < -0.3 is 20.0 Å². The fourth-order valence-corrected chi connectivity index (χ4v) is 3.36. The van der Waals surface area contributed by atoms with Gasteiger partial charge in [0.15, 0.2) is 5.96 Å². The molecule has 0 radical (unpaired) electrons. The summed E-state index contributed by atoms with van der Waals surface area (Å²) in [6.07, 6.45) is 4.77. The second-order valence-corrected chi connectivity index (χ2v) is 6.73. The predicted molar refractivity (Wildman–Crippen MR) is 126 cm³/mol. The smallest absolute Gasteiger partial charge is 0.191 e. The first kappa shape index (κ1) is 21.1. The Hall–Kier alpha value is -2.62. The minimum absolute atomic E-state index is 0. The first-order valence-corrected chi connectivity index (χ1v) is 9.27. The highest BCUT2D eigenvalue weighted by Gasteiger charge is 2.07. The molecule has 3 aromatic heterocycles. The molecule has 6 nitrogen and oxygen atoms in total. The van der Waals surface area contributed by atoms with Gasteiger partial charge >= 0.3 is 0 Å². The molecular weight excluding hydrogens is 482 g/mol. The highest BCUT2D eigenvalue weighted by Crippen LogP contribution is 2.19. The van der Waals surface area contributed by atoms with Gasteiger partial charge in [-0.1, -0.05) is 6.07 Å². The van der Waals surface area contributed by atoms with E-state index in [4.69, 9.17) is 0 Å². The van der Waals surface area contributed by atoms with Crippen molar-refractivity contribution >= 4 is 46.5 Å². The molecule has 0 bridgehead atoms. The summed E-state index contributed by atoms with van der Waals surface area (Å²) in [4.78, 5) is 12.0. The Morgan fingerprint density at radius 3 is 2.90 bits per heavy atom. The number of aryl methyl sites for hydroxylation is 1. The monoisotopic (exact) mass is 506 g/mol. The lowest BCUT2D eigenvalue weighted by Crippen LogP contribution is -2.37. The number of guanidine groups is 1. The topological polar surface area (TPSA) is 69.5 Å².